The lowest BCUT2D eigenvalue weighted by Gasteiger charge is -2.11. The van der Waals surface area contributed by atoms with Gasteiger partial charge >= 0.3 is 17.8 Å². The molecule has 0 atom stereocenters. The minimum Gasteiger partial charge on any atom is -0.495 e. The lowest BCUT2D eigenvalue weighted by molar-refractivity contribution is -0.136. The third-order valence-corrected chi connectivity index (χ3v) is 4.74. The molecule has 0 bridgehead atoms. The van der Waals surface area contributed by atoms with E-state index in [2.05, 4.69) is 15.8 Å². The average Bonchev–Trinajstić information content (AvgIpc) is 2.86. The van der Waals surface area contributed by atoms with Crippen LogP contribution in [-0.2, 0) is 9.59 Å². The van der Waals surface area contributed by atoms with Crippen molar-refractivity contribution in [1.29, 1.82) is 0 Å². The zero-order chi connectivity index (χ0) is 25.2. The SMILES string of the molecule is CCOc1cc(C=NNC(=O)C(=O)Nc2ccccc2OC)ccc1OC(=O)c1ccc(Cl)cc1. The van der Waals surface area contributed by atoms with E-state index in [-0.39, 0.29) is 5.75 Å². The van der Waals surface area contributed by atoms with Gasteiger partial charge in [-0.3, -0.25) is 9.59 Å². The largest absolute Gasteiger partial charge is 0.495 e. The molecule has 0 aliphatic carbocycles. The molecule has 9 nitrogen and oxygen atoms in total. The van der Waals surface area contributed by atoms with E-state index in [1.165, 1.54) is 19.4 Å². The molecule has 0 saturated carbocycles. The number of amides is 2. The minimum atomic E-state index is -0.967. The number of hydrogen-bond acceptors (Lipinski definition) is 7. The van der Waals surface area contributed by atoms with E-state index in [1.807, 2.05) is 0 Å². The number of nitrogens with one attached hydrogen (secondary N) is 2. The van der Waals surface area contributed by atoms with Gasteiger partial charge in [0.1, 0.15) is 5.75 Å². The molecule has 0 fully saturated rings. The fourth-order valence-electron chi connectivity index (χ4n) is 2.85. The molecule has 0 spiro atoms. The van der Waals surface area contributed by atoms with Crippen LogP contribution in [0.2, 0.25) is 5.02 Å². The summed E-state index contributed by atoms with van der Waals surface area (Å²) in [6, 6.07) is 17.7. The topological polar surface area (TPSA) is 115 Å². The van der Waals surface area contributed by atoms with Crippen LogP contribution in [0.1, 0.15) is 22.8 Å². The van der Waals surface area contributed by atoms with E-state index in [1.54, 1.807) is 67.6 Å². The van der Waals surface area contributed by atoms with E-state index in [4.69, 9.17) is 25.8 Å². The van der Waals surface area contributed by atoms with Gasteiger partial charge in [0.2, 0.25) is 0 Å². The van der Waals surface area contributed by atoms with Crippen molar-refractivity contribution >= 4 is 41.3 Å². The number of nitrogens with zero attached hydrogens (tertiary/aromatic N) is 1. The highest BCUT2D eigenvalue weighted by Crippen LogP contribution is 2.29. The Morgan fingerprint density at radius 3 is 2.40 bits per heavy atom. The minimum absolute atomic E-state index is 0.212. The van der Waals surface area contributed by atoms with Gasteiger partial charge in [-0.25, -0.2) is 10.2 Å². The highest BCUT2D eigenvalue weighted by Gasteiger charge is 2.16. The van der Waals surface area contributed by atoms with Gasteiger partial charge in [0.05, 0.1) is 31.2 Å². The molecular weight excluding hydrogens is 474 g/mol. The van der Waals surface area contributed by atoms with Gasteiger partial charge in [0.25, 0.3) is 0 Å². The summed E-state index contributed by atoms with van der Waals surface area (Å²) in [6.45, 7) is 2.11. The highest BCUT2D eigenvalue weighted by molar-refractivity contribution is 6.39. The molecule has 0 radical (unpaired) electrons. The van der Waals surface area contributed by atoms with Crippen LogP contribution >= 0.6 is 11.6 Å². The van der Waals surface area contributed by atoms with Gasteiger partial charge in [-0.15, -0.1) is 0 Å². The second-order valence-electron chi connectivity index (χ2n) is 6.89. The summed E-state index contributed by atoms with van der Waals surface area (Å²) in [5.74, 6) is -1.52. The van der Waals surface area contributed by atoms with E-state index >= 15 is 0 Å². The van der Waals surface area contributed by atoms with E-state index in [0.29, 0.717) is 39.9 Å². The zero-order valence-corrected chi connectivity index (χ0v) is 19.7. The molecule has 0 aliphatic heterocycles. The molecule has 35 heavy (non-hydrogen) atoms. The summed E-state index contributed by atoms with van der Waals surface area (Å²) in [6.07, 6.45) is 1.32. The Hall–Kier alpha value is -4.37. The van der Waals surface area contributed by atoms with Crippen molar-refractivity contribution in [3.8, 4) is 17.2 Å². The van der Waals surface area contributed by atoms with Gasteiger partial charge in [-0.2, -0.15) is 5.10 Å². The average molecular weight is 496 g/mol. The molecule has 3 aromatic carbocycles. The predicted molar refractivity (Wildman–Crippen MR) is 131 cm³/mol. The first kappa shape index (κ1) is 25.3. The van der Waals surface area contributed by atoms with Crippen LogP contribution in [0, 0.1) is 0 Å². The van der Waals surface area contributed by atoms with Crippen molar-refractivity contribution in [2.24, 2.45) is 5.10 Å². The summed E-state index contributed by atoms with van der Waals surface area (Å²) in [5.41, 5.74) is 3.37. The highest BCUT2D eigenvalue weighted by atomic mass is 35.5. The van der Waals surface area contributed by atoms with Crippen LogP contribution < -0.4 is 25.0 Å². The third kappa shape index (κ3) is 7.05. The summed E-state index contributed by atoms with van der Waals surface area (Å²) in [4.78, 5) is 36.6. The zero-order valence-electron chi connectivity index (χ0n) is 18.9. The molecular formula is C25H22ClN3O6. The maximum absolute atomic E-state index is 12.4. The number of anilines is 1. The molecule has 2 N–H and O–H groups in total. The first-order valence-corrected chi connectivity index (χ1v) is 10.8. The summed E-state index contributed by atoms with van der Waals surface area (Å²) >= 11 is 5.85. The molecule has 0 aromatic heterocycles. The fourth-order valence-corrected chi connectivity index (χ4v) is 2.97. The Balaban J connectivity index is 1.64. The number of carbonyl (C=O) groups excluding carboxylic acids is 3. The van der Waals surface area contributed by atoms with Gasteiger partial charge in [0, 0.05) is 5.02 Å². The molecule has 0 heterocycles. The number of methoxy groups -OCH3 is 1. The molecule has 0 unspecified atom stereocenters. The van der Waals surface area contributed by atoms with Gasteiger partial charge < -0.3 is 19.5 Å². The summed E-state index contributed by atoms with van der Waals surface area (Å²) in [7, 11) is 1.45. The quantitative estimate of drug-likeness (QED) is 0.160. The molecule has 0 aliphatic rings. The molecule has 10 heteroatoms. The Labute approximate surface area is 206 Å². The van der Waals surface area contributed by atoms with Crippen molar-refractivity contribution in [2.45, 2.75) is 6.92 Å². The lowest BCUT2D eigenvalue weighted by atomic mass is 10.2. The van der Waals surface area contributed by atoms with Crippen molar-refractivity contribution in [2.75, 3.05) is 19.0 Å². The summed E-state index contributed by atoms with van der Waals surface area (Å²) < 4.78 is 16.1. The van der Waals surface area contributed by atoms with Crippen molar-refractivity contribution in [3.05, 3.63) is 82.9 Å². The Morgan fingerprint density at radius 1 is 0.943 bits per heavy atom. The number of carbonyl (C=O) groups is 3. The Kier molecular flexibility index (Phi) is 8.80. The van der Waals surface area contributed by atoms with Crippen LogP contribution in [0.5, 0.6) is 17.2 Å². The van der Waals surface area contributed by atoms with Crippen LogP contribution in [0.15, 0.2) is 71.8 Å². The maximum atomic E-state index is 12.4. The number of rotatable bonds is 8. The molecule has 180 valence electrons. The number of para-hydroxylation sites is 2. The second-order valence-corrected chi connectivity index (χ2v) is 7.33. The lowest BCUT2D eigenvalue weighted by Crippen LogP contribution is -2.32. The number of esters is 1. The van der Waals surface area contributed by atoms with Crippen molar-refractivity contribution in [1.82, 2.24) is 5.43 Å². The standard InChI is InChI=1S/C25H22ClN3O6/c1-3-34-22-14-16(8-13-21(22)35-25(32)17-9-11-18(26)12-10-17)15-27-29-24(31)23(30)28-19-6-4-5-7-20(19)33-2/h4-15H,3H2,1-2H3,(H,28,30)(H,29,31). The van der Waals surface area contributed by atoms with Crippen molar-refractivity contribution < 1.29 is 28.6 Å². The molecule has 3 rings (SSSR count). The first-order valence-electron chi connectivity index (χ1n) is 10.4. The van der Waals surface area contributed by atoms with E-state index < -0.39 is 17.8 Å². The second kappa shape index (κ2) is 12.2. The normalized spacial score (nSPS) is 10.5. The van der Waals surface area contributed by atoms with Crippen LogP contribution in [0.3, 0.4) is 0 Å². The third-order valence-electron chi connectivity index (χ3n) is 4.49. The first-order chi connectivity index (χ1) is 16.9. The number of hydrazone groups is 1. The number of ether oxygens (including phenoxy) is 3. The van der Waals surface area contributed by atoms with Gasteiger partial charge in [-0.05, 0) is 67.1 Å². The van der Waals surface area contributed by atoms with E-state index in [9.17, 15) is 14.4 Å². The fraction of sp³-hybridized carbons (Fsp3) is 0.120. The number of halogens is 1. The van der Waals surface area contributed by atoms with Crippen LogP contribution in [0.25, 0.3) is 0 Å². The predicted octanol–water partition coefficient (Wildman–Crippen LogP) is 4.06. The smallest absolute Gasteiger partial charge is 0.343 e. The molecule has 2 amide bonds. The number of hydrogen-bond donors (Lipinski definition) is 2. The van der Waals surface area contributed by atoms with Gasteiger partial charge in [0.15, 0.2) is 11.5 Å². The van der Waals surface area contributed by atoms with Crippen LogP contribution in [0.4, 0.5) is 5.69 Å². The van der Waals surface area contributed by atoms with Crippen LogP contribution in [-0.4, -0.2) is 37.7 Å². The van der Waals surface area contributed by atoms with E-state index in [0.717, 1.165) is 0 Å². The summed E-state index contributed by atoms with van der Waals surface area (Å²) in [5, 5.41) is 6.76. The molecule has 3 aromatic rings. The van der Waals surface area contributed by atoms with Crippen molar-refractivity contribution in [3.63, 3.8) is 0 Å². The monoisotopic (exact) mass is 495 g/mol. The Bertz CT molecular complexity index is 1240. The number of benzene rings is 3. The Morgan fingerprint density at radius 2 is 1.69 bits per heavy atom. The molecule has 0 saturated heterocycles. The van der Waals surface area contributed by atoms with Gasteiger partial charge in [-0.1, -0.05) is 23.7 Å². The maximum Gasteiger partial charge on any atom is 0.343 e.